The summed E-state index contributed by atoms with van der Waals surface area (Å²) >= 11 is 6.17. The SMILES string of the molecule is C[C@H]1CN(c2cc(Oc3ccccc3Cl)ncn2)CCN1C(=O)COCc1ccccc1. The van der Waals surface area contributed by atoms with Crippen LogP contribution in [0, 0.1) is 0 Å². The quantitative estimate of drug-likeness (QED) is 0.535. The first-order valence-corrected chi connectivity index (χ1v) is 10.9. The van der Waals surface area contributed by atoms with E-state index in [1.807, 2.05) is 54.3 Å². The lowest BCUT2D eigenvalue weighted by Gasteiger charge is -2.40. The Kier molecular flexibility index (Phi) is 7.19. The summed E-state index contributed by atoms with van der Waals surface area (Å²) in [5.74, 6) is 1.71. The molecule has 8 heteroatoms. The Morgan fingerprint density at radius 3 is 2.66 bits per heavy atom. The molecule has 0 bridgehead atoms. The molecule has 1 aromatic heterocycles. The first kappa shape index (κ1) is 22.0. The fourth-order valence-corrected chi connectivity index (χ4v) is 3.82. The van der Waals surface area contributed by atoms with Crippen molar-refractivity contribution in [2.24, 2.45) is 0 Å². The summed E-state index contributed by atoms with van der Waals surface area (Å²) < 4.78 is 11.4. The number of para-hydroxylation sites is 1. The molecule has 1 atom stereocenters. The monoisotopic (exact) mass is 452 g/mol. The van der Waals surface area contributed by atoms with Gasteiger partial charge >= 0.3 is 0 Å². The molecule has 4 rings (SSSR count). The smallest absolute Gasteiger partial charge is 0.248 e. The molecule has 2 heterocycles. The molecular formula is C24H25ClN4O3. The molecule has 0 saturated carbocycles. The Bertz CT molecular complexity index is 1050. The van der Waals surface area contributed by atoms with Gasteiger partial charge in [-0.05, 0) is 24.6 Å². The number of halogens is 1. The van der Waals surface area contributed by atoms with Crippen molar-refractivity contribution in [1.82, 2.24) is 14.9 Å². The number of amides is 1. The minimum absolute atomic E-state index is 0.00138. The van der Waals surface area contributed by atoms with Gasteiger partial charge in [0.05, 0.1) is 11.6 Å². The Morgan fingerprint density at radius 2 is 1.88 bits per heavy atom. The van der Waals surface area contributed by atoms with E-state index in [2.05, 4.69) is 14.9 Å². The molecule has 1 fully saturated rings. The van der Waals surface area contributed by atoms with E-state index in [-0.39, 0.29) is 18.6 Å². The van der Waals surface area contributed by atoms with Crippen LogP contribution in [0.15, 0.2) is 67.0 Å². The van der Waals surface area contributed by atoms with Crippen molar-refractivity contribution < 1.29 is 14.3 Å². The summed E-state index contributed by atoms with van der Waals surface area (Å²) in [5, 5.41) is 0.517. The van der Waals surface area contributed by atoms with Gasteiger partial charge in [0, 0.05) is 31.7 Å². The molecule has 0 unspecified atom stereocenters. The van der Waals surface area contributed by atoms with Crippen LogP contribution in [0.4, 0.5) is 5.82 Å². The molecule has 0 radical (unpaired) electrons. The molecule has 1 amide bonds. The maximum absolute atomic E-state index is 12.7. The third-order valence-corrected chi connectivity index (χ3v) is 5.60. The molecular weight excluding hydrogens is 428 g/mol. The van der Waals surface area contributed by atoms with E-state index < -0.39 is 0 Å². The minimum atomic E-state index is -0.00138. The highest BCUT2D eigenvalue weighted by Crippen LogP contribution is 2.29. The average Bonchev–Trinajstić information content (AvgIpc) is 2.81. The van der Waals surface area contributed by atoms with Gasteiger partial charge in [-0.1, -0.05) is 54.1 Å². The van der Waals surface area contributed by atoms with Crippen molar-refractivity contribution >= 4 is 23.3 Å². The lowest BCUT2D eigenvalue weighted by molar-refractivity contribution is -0.139. The second-order valence-electron chi connectivity index (χ2n) is 7.61. The summed E-state index contributed by atoms with van der Waals surface area (Å²) in [6.07, 6.45) is 1.47. The average molecular weight is 453 g/mol. The molecule has 0 N–H and O–H groups in total. The number of carbonyl (C=O) groups is 1. The van der Waals surface area contributed by atoms with Gasteiger partial charge < -0.3 is 19.3 Å². The Hall–Kier alpha value is -3.16. The number of piperazine rings is 1. The van der Waals surface area contributed by atoms with E-state index in [0.29, 0.717) is 42.9 Å². The predicted molar refractivity (Wildman–Crippen MR) is 123 cm³/mol. The second-order valence-corrected chi connectivity index (χ2v) is 8.01. The van der Waals surface area contributed by atoms with E-state index in [1.54, 1.807) is 18.2 Å². The number of benzene rings is 2. The van der Waals surface area contributed by atoms with Gasteiger partial charge in [0.1, 0.15) is 24.5 Å². The van der Waals surface area contributed by atoms with Gasteiger partial charge in [-0.3, -0.25) is 4.79 Å². The zero-order valence-corrected chi connectivity index (χ0v) is 18.6. The fourth-order valence-electron chi connectivity index (χ4n) is 3.65. The molecule has 0 aliphatic carbocycles. The third kappa shape index (κ3) is 5.55. The Morgan fingerprint density at radius 1 is 1.09 bits per heavy atom. The van der Waals surface area contributed by atoms with Gasteiger partial charge in [-0.25, -0.2) is 9.97 Å². The molecule has 2 aromatic carbocycles. The second kappa shape index (κ2) is 10.4. The summed E-state index contributed by atoms with van der Waals surface area (Å²) in [4.78, 5) is 25.2. The number of hydrogen-bond donors (Lipinski definition) is 0. The highest BCUT2D eigenvalue weighted by Gasteiger charge is 2.28. The number of carbonyl (C=O) groups excluding carboxylic acids is 1. The number of nitrogens with zero attached hydrogens (tertiary/aromatic N) is 4. The number of rotatable bonds is 7. The van der Waals surface area contributed by atoms with Crippen molar-refractivity contribution in [3.8, 4) is 11.6 Å². The number of hydrogen-bond acceptors (Lipinski definition) is 6. The highest BCUT2D eigenvalue weighted by atomic mass is 35.5. The van der Waals surface area contributed by atoms with Gasteiger partial charge in [0.25, 0.3) is 0 Å². The van der Waals surface area contributed by atoms with Gasteiger partial charge in [0.15, 0.2) is 0 Å². The first-order valence-electron chi connectivity index (χ1n) is 10.5. The maximum atomic E-state index is 12.7. The predicted octanol–water partition coefficient (Wildman–Crippen LogP) is 4.18. The number of anilines is 1. The van der Waals surface area contributed by atoms with E-state index in [4.69, 9.17) is 21.1 Å². The van der Waals surface area contributed by atoms with Crippen molar-refractivity contribution in [3.05, 3.63) is 77.6 Å². The van der Waals surface area contributed by atoms with Crippen LogP contribution in [-0.4, -0.2) is 53.1 Å². The molecule has 0 spiro atoms. The van der Waals surface area contributed by atoms with E-state index in [9.17, 15) is 4.79 Å². The Labute approximate surface area is 192 Å². The summed E-state index contributed by atoms with van der Waals surface area (Å²) in [5.41, 5.74) is 1.05. The van der Waals surface area contributed by atoms with Crippen molar-refractivity contribution in [1.29, 1.82) is 0 Å². The normalized spacial score (nSPS) is 16.1. The third-order valence-electron chi connectivity index (χ3n) is 5.29. The van der Waals surface area contributed by atoms with Crippen molar-refractivity contribution in [2.75, 3.05) is 31.1 Å². The molecule has 32 heavy (non-hydrogen) atoms. The summed E-state index contributed by atoms with van der Waals surface area (Å²) in [6, 6.07) is 18.9. The Balaban J connectivity index is 1.32. The van der Waals surface area contributed by atoms with Crippen LogP contribution in [0.2, 0.25) is 5.02 Å². The molecule has 7 nitrogen and oxygen atoms in total. The minimum Gasteiger partial charge on any atom is -0.437 e. The van der Waals surface area contributed by atoms with Crippen LogP contribution >= 0.6 is 11.6 Å². The molecule has 1 saturated heterocycles. The first-order chi connectivity index (χ1) is 15.6. The lowest BCUT2D eigenvalue weighted by Crippen LogP contribution is -2.55. The van der Waals surface area contributed by atoms with E-state index in [1.165, 1.54) is 6.33 Å². The zero-order valence-electron chi connectivity index (χ0n) is 17.9. The molecule has 1 aliphatic heterocycles. The van der Waals surface area contributed by atoms with Crippen LogP contribution in [-0.2, 0) is 16.1 Å². The number of ether oxygens (including phenoxy) is 2. The largest absolute Gasteiger partial charge is 0.437 e. The van der Waals surface area contributed by atoms with Gasteiger partial charge in [-0.2, -0.15) is 0 Å². The summed E-state index contributed by atoms with van der Waals surface area (Å²) in [6.45, 7) is 4.45. The van der Waals surface area contributed by atoms with Crippen molar-refractivity contribution in [2.45, 2.75) is 19.6 Å². The lowest BCUT2D eigenvalue weighted by atomic mass is 10.2. The van der Waals surface area contributed by atoms with Crippen LogP contribution in [0.3, 0.4) is 0 Å². The van der Waals surface area contributed by atoms with Crippen LogP contribution in [0.25, 0.3) is 0 Å². The highest BCUT2D eigenvalue weighted by molar-refractivity contribution is 6.32. The van der Waals surface area contributed by atoms with Gasteiger partial charge in [-0.15, -0.1) is 0 Å². The molecule has 166 valence electrons. The fraction of sp³-hybridized carbons (Fsp3) is 0.292. The van der Waals surface area contributed by atoms with Crippen molar-refractivity contribution in [3.63, 3.8) is 0 Å². The zero-order chi connectivity index (χ0) is 22.3. The van der Waals surface area contributed by atoms with Crippen LogP contribution in [0.1, 0.15) is 12.5 Å². The standard InChI is InChI=1S/C24H25ClN4O3/c1-18-14-28(11-12-29(18)24(30)16-31-15-19-7-3-2-4-8-19)22-13-23(27-17-26-22)32-21-10-6-5-9-20(21)25/h2-10,13,17-18H,11-12,14-16H2,1H3/t18-/m0/s1. The van der Waals surface area contributed by atoms with E-state index >= 15 is 0 Å². The maximum Gasteiger partial charge on any atom is 0.248 e. The molecule has 1 aliphatic rings. The topological polar surface area (TPSA) is 67.8 Å². The number of aromatic nitrogens is 2. The van der Waals surface area contributed by atoms with Crippen LogP contribution < -0.4 is 9.64 Å². The van der Waals surface area contributed by atoms with Crippen LogP contribution in [0.5, 0.6) is 11.6 Å². The molecule has 3 aromatic rings. The van der Waals surface area contributed by atoms with E-state index in [0.717, 1.165) is 11.4 Å². The van der Waals surface area contributed by atoms with Gasteiger partial charge in [0.2, 0.25) is 11.8 Å². The summed E-state index contributed by atoms with van der Waals surface area (Å²) in [7, 11) is 0.